The first kappa shape index (κ1) is 14.3. The van der Waals surface area contributed by atoms with E-state index in [9.17, 15) is 4.39 Å². The summed E-state index contributed by atoms with van der Waals surface area (Å²) in [6.45, 7) is 0. The molecule has 0 aliphatic carbocycles. The fourth-order valence-electron chi connectivity index (χ4n) is 2.08. The molecule has 6 heteroatoms. The Labute approximate surface area is 137 Å². The Morgan fingerprint density at radius 1 is 1.00 bits per heavy atom. The zero-order valence-corrected chi connectivity index (χ0v) is 13.8. The third-order valence-corrected chi connectivity index (χ3v) is 4.39. The molecule has 106 valence electrons. The minimum atomic E-state index is -0.333. The number of rotatable bonds is 2. The van der Waals surface area contributed by atoms with E-state index in [4.69, 9.17) is 10.3 Å². The first-order valence-electron chi connectivity index (χ1n) is 6.03. The lowest BCUT2D eigenvalue weighted by molar-refractivity contribution is 0.436. The topological polar surface area (TPSA) is 52.0 Å². The minimum absolute atomic E-state index is 0.285. The van der Waals surface area contributed by atoms with Crippen molar-refractivity contribution < 1.29 is 8.91 Å². The first-order chi connectivity index (χ1) is 10.1. The summed E-state index contributed by atoms with van der Waals surface area (Å²) in [5.41, 5.74) is 8.17. The number of nitrogens with zero attached hydrogens (tertiary/aromatic N) is 1. The summed E-state index contributed by atoms with van der Waals surface area (Å²) < 4.78 is 20.1. The Balaban J connectivity index is 2.25. The predicted molar refractivity (Wildman–Crippen MR) is 87.1 cm³/mol. The van der Waals surface area contributed by atoms with Crippen molar-refractivity contribution in [2.24, 2.45) is 0 Å². The first-order valence-corrected chi connectivity index (χ1v) is 7.62. The molecule has 0 aliphatic rings. The molecule has 1 aromatic heterocycles. The molecule has 0 amide bonds. The Morgan fingerprint density at radius 3 is 2.48 bits per heavy atom. The Bertz CT molecular complexity index is 817. The Hall–Kier alpha value is -1.66. The molecule has 0 spiro atoms. The van der Waals surface area contributed by atoms with Gasteiger partial charge in [-0.15, -0.1) is 0 Å². The van der Waals surface area contributed by atoms with Gasteiger partial charge in [0.15, 0.2) is 11.6 Å². The van der Waals surface area contributed by atoms with Crippen LogP contribution in [0.25, 0.3) is 22.5 Å². The summed E-state index contributed by atoms with van der Waals surface area (Å²) in [4.78, 5) is 0. The molecule has 2 N–H and O–H groups in total. The van der Waals surface area contributed by atoms with Crippen LogP contribution in [0.1, 0.15) is 0 Å². The van der Waals surface area contributed by atoms with Crippen molar-refractivity contribution in [3.8, 4) is 22.5 Å². The lowest BCUT2D eigenvalue weighted by atomic mass is 10.0. The zero-order chi connectivity index (χ0) is 15.0. The van der Waals surface area contributed by atoms with Crippen molar-refractivity contribution in [2.45, 2.75) is 0 Å². The van der Waals surface area contributed by atoms with Gasteiger partial charge in [0, 0.05) is 20.1 Å². The summed E-state index contributed by atoms with van der Waals surface area (Å²) in [7, 11) is 0. The van der Waals surface area contributed by atoms with Gasteiger partial charge in [0.05, 0.1) is 5.56 Å². The van der Waals surface area contributed by atoms with Gasteiger partial charge >= 0.3 is 0 Å². The van der Waals surface area contributed by atoms with Gasteiger partial charge in [-0.3, -0.25) is 0 Å². The van der Waals surface area contributed by atoms with Crippen LogP contribution in [-0.4, -0.2) is 5.16 Å². The second-order valence-corrected chi connectivity index (χ2v) is 6.08. The zero-order valence-electron chi connectivity index (χ0n) is 10.6. The lowest BCUT2D eigenvalue weighted by Gasteiger charge is -2.06. The number of hydrogen-bond donors (Lipinski definition) is 1. The maximum Gasteiger partial charge on any atom is 0.178 e. The monoisotopic (exact) mass is 410 g/mol. The summed E-state index contributed by atoms with van der Waals surface area (Å²) >= 11 is 6.83. The van der Waals surface area contributed by atoms with Crippen LogP contribution in [0.15, 0.2) is 55.9 Å². The summed E-state index contributed by atoms with van der Waals surface area (Å²) in [5.74, 6) is 0.444. The maximum atomic E-state index is 13.2. The molecule has 0 bridgehead atoms. The van der Waals surface area contributed by atoms with Crippen LogP contribution in [0.2, 0.25) is 0 Å². The summed E-state index contributed by atoms with van der Waals surface area (Å²) in [5, 5.41) is 3.84. The normalized spacial score (nSPS) is 10.8. The molecular formula is C15H9Br2FN2O. The molecule has 3 nitrogen and oxygen atoms in total. The molecule has 0 aliphatic heterocycles. The molecule has 0 unspecified atom stereocenters. The van der Waals surface area contributed by atoms with Gasteiger partial charge in [0.2, 0.25) is 0 Å². The average molecular weight is 412 g/mol. The van der Waals surface area contributed by atoms with Gasteiger partial charge in [-0.25, -0.2) is 4.39 Å². The van der Waals surface area contributed by atoms with Crippen LogP contribution < -0.4 is 5.73 Å². The maximum absolute atomic E-state index is 13.2. The second-order valence-electron chi connectivity index (χ2n) is 4.38. The van der Waals surface area contributed by atoms with Crippen molar-refractivity contribution >= 4 is 37.7 Å². The van der Waals surface area contributed by atoms with E-state index in [0.717, 1.165) is 10.0 Å². The van der Waals surface area contributed by atoms with Crippen molar-refractivity contribution in [2.75, 3.05) is 5.73 Å². The fraction of sp³-hybridized carbons (Fsp3) is 0. The molecular weight excluding hydrogens is 403 g/mol. The molecule has 21 heavy (non-hydrogen) atoms. The van der Waals surface area contributed by atoms with Crippen molar-refractivity contribution in [1.29, 1.82) is 0 Å². The van der Waals surface area contributed by atoms with Gasteiger partial charge < -0.3 is 10.3 Å². The molecule has 0 fully saturated rings. The van der Waals surface area contributed by atoms with E-state index in [1.807, 2.05) is 24.3 Å². The van der Waals surface area contributed by atoms with Gasteiger partial charge in [0.25, 0.3) is 0 Å². The van der Waals surface area contributed by atoms with Gasteiger partial charge in [-0.2, -0.15) is 0 Å². The summed E-state index contributed by atoms with van der Waals surface area (Å²) in [6.07, 6.45) is 0. The second kappa shape index (κ2) is 5.61. The highest BCUT2D eigenvalue weighted by Gasteiger charge is 2.21. The number of halogens is 3. The smallest absolute Gasteiger partial charge is 0.178 e. The van der Waals surface area contributed by atoms with Gasteiger partial charge in [-0.1, -0.05) is 39.3 Å². The van der Waals surface area contributed by atoms with E-state index < -0.39 is 0 Å². The van der Waals surface area contributed by atoms with E-state index in [-0.39, 0.29) is 11.6 Å². The van der Waals surface area contributed by atoms with Crippen LogP contribution in [0.5, 0.6) is 0 Å². The molecule has 3 rings (SSSR count). The highest BCUT2D eigenvalue weighted by molar-refractivity contribution is 9.11. The number of anilines is 1. The molecule has 0 radical (unpaired) electrons. The number of benzene rings is 2. The number of hydrogen-bond acceptors (Lipinski definition) is 3. The van der Waals surface area contributed by atoms with Crippen molar-refractivity contribution in [1.82, 2.24) is 5.16 Å². The van der Waals surface area contributed by atoms with Crippen LogP contribution in [0, 0.1) is 5.82 Å². The number of nitrogen functional groups attached to an aromatic ring is 1. The lowest BCUT2D eigenvalue weighted by Crippen LogP contribution is -1.90. The highest BCUT2D eigenvalue weighted by Crippen LogP contribution is 2.42. The van der Waals surface area contributed by atoms with E-state index >= 15 is 0 Å². The molecule has 0 saturated heterocycles. The van der Waals surface area contributed by atoms with Crippen LogP contribution in [-0.2, 0) is 0 Å². The molecule has 0 saturated carbocycles. The van der Waals surface area contributed by atoms with E-state index in [1.54, 1.807) is 6.07 Å². The standard InChI is InChI=1S/C15H9Br2FN2O/c16-11-4-2-1-3-9(11)13-14(21-20-15(13)19)10-6-5-8(18)7-12(10)17/h1-7H,(H2,19,20). The third-order valence-electron chi connectivity index (χ3n) is 3.04. The highest BCUT2D eigenvalue weighted by atomic mass is 79.9. The van der Waals surface area contributed by atoms with Gasteiger partial charge in [-0.05, 0) is 40.2 Å². The van der Waals surface area contributed by atoms with Crippen LogP contribution >= 0.6 is 31.9 Å². The van der Waals surface area contributed by atoms with E-state index in [0.29, 0.717) is 21.4 Å². The molecule has 2 aromatic carbocycles. The predicted octanol–water partition coefficient (Wildman–Crippen LogP) is 5.25. The largest absolute Gasteiger partial charge is 0.380 e. The van der Waals surface area contributed by atoms with E-state index in [1.165, 1.54) is 12.1 Å². The summed E-state index contributed by atoms with van der Waals surface area (Å²) in [6, 6.07) is 12.0. The number of aromatic nitrogens is 1. The fourth-order valence-corrected chi connectivity index (χ4v) is 3.10. The van der Waals surface area contributed by atoms with Crippen LogP contribution in [0.4, 0.5) is 10.2 Å². The molecule has 0 atom stereocenters. The quantitative estimate of drug-likeness (QED) is 0.626. The molecule has 1 heterocycles. The van der Waals surface area contributed by atoms with Crippen molar-refractivity contribution in [3.05, 3.63) is 57.2 Å². The Morgan fingerprint density at radius 2 is 1.76 bits per heavy atom. The SMILES string of the molecule is Nc1noc(-c2ccc(F)cc2Br)c1-c1ccccc1Br. The van der Waals surface area contributed by atoms with Crippen LogP contribution in [0.3, 0.4) is 0 Å². The third kappa shape index (κ3) is 2.61. The van der Waals surface area contributed by atoms with Gasteiger partial charge in [0.1, 0.15) is 5.82 Å². The number of nitrogens with two attached hydrogens (primary N) is 1. The Kier molecular flexibility index (Phi) is 3.82. The minimum Gasteiger partial charge on any atom is -0.380 e. The molecule has 3 aromatic rings. The van der Waals surface area contributed by atoms with Crippen molar-refractivity contribution in [3.63, 3.8) is 0 Å². The average Bonchev–Trinajstić information content (AvgIpc) is 2.81. The van der Waals surface area contributed by atoms with E-state index in [2.05, 4.69) is 37.0 Å².